The van der Waals surface area contributed by atoms with Crippen LogP contribution in [-0.2, 0) is 9.47 Å². The maximum Gasteiger partial charge on any atom is 0.341 e. The van der Waals surface area contributed by atoms with Crippen LogP contribution in [0.1, 0.15) is 16.8 Å². The molecule has 6 nitrogen and oxygen atoms in total. The lowest BCUT2D eigenvalue weighted by atomic mass is 10.2. The summed E-state index contributed by atoms with van der Waals surface area (Å²) in [6, 6.07) is 0.799. The number of benzene rings is 1. The summed E-state index contributed by atoms with van der Waals surface area (Å²) in [4.78, 5) is 20.7. The van der Waals surface area contributed by atoms with E-state index in [0.29, 0.717) is 25.2 Å². The predicted molar refractivity (Wildman–Crippen MR) is 59.8 cm³/mol. The molecule has 8 heteroatoms. The molecule has 19 heavy (non-hydrogen) atoms. The average molecular weight is 275 g/mol. The van der Waals surface area contributed by atoms with E-state index in [1.807, 2.05) is 0 Å². The van der Waals surface area contributed by atoms with Crippen molar-refractivity contribution in [1.82, 2.24) is 0 Å². The van der Waals surface area contributed by atoms with E-state index in [1.165, 1.54) is 7.11 Å². The van der Waals surface area contributed by atoms with Crippen molar-refractivity contribution in [1.29, 1.82) is 0 Å². The molecule has 0 aromatic heterocycles. The number of carbonyl (C=O) groups excluding carboxylic acids is 1. The lowest BCUT2D eigenvalue weighted by molar-refractivity contribution is -0.387. The molecule has 1 aromatic rings. The molecule has 0 heterocycles. The van der Waals surface area contributed by atoms with E-state index in [-0.39, 0.29) is 6.61 Å². The molecule has 0 fully saturated rings. The molecule has 104 valence electrons. The lowest BCUT2D eigenvalue weighted by Crippen LogP contribution is -2.11. The number of nitro groups is 1. The van der Waals surface area contributed by atoms with Gasteiger partial charge in [0.25, 0.3) is 0 Å². The fourth-order valence-corrected chi connectivity index (χ4v) is 1.28. The van der Waals surface area contributed by atoms with Crippen molar-refractivity contribution >= 4 is 11.7 Å². The zero-order valence-corrected chi connectivity index (χ0v) is 10.0. The van der Waals surface area contributed by atoms with Crippen LogP contribution in [0.2, 0.25) is 0 Å². The van der Waals surface area contributed by atoms with Gasteiger partial charge in [-0.1, -0.05) is 0 Å². The Morgan fingerprint density at radius 3 is 2.58 bits per heavy atom. The zero-order valence-electron chi connectivity index (χ0n) is 10.0. The van der Waals surface area contributed by atoms with Crippen molar-refractivity contribution in [2.24, 2.45) is 0 Å². The molecule has 0 spiro atoms. The minimum atomic E-state index is -1.30. The summed E-state index contributed by atoms with van der Waals surface area (Å²) in [5.74, 6) is -3.58. The Morgan fingerprint density at radius 1 is 1.32 bits per heavy atom. The molecular formula is C11H11F2NO5. The van der Waals surface area contributed by atoms with Crippen LogP contribution in [0.5, 0.6) is 0 Å². The van der Waals surface area contributed by atoms with Gasteiger partial charge in [0.1, 0.15) is 5.82 Å². The molecule has 0 bridgehead atoms. The van der Waals surface area contributed by atoms with E-state index >= 15 is 0 Å². The normalized spacial score (nSPS) is 10.3. The molecule has 0 atom stereocenters. The van der Waals surface area contributed by atoms with E-state index in [2.05, 4.69) is 4.74 Å². The van der Waals surface area contributed by atoms with Crippen molar-refractivity contribution in [2.45, 2.75) is 6.42 Å². The number of ether oxygens (including phenoxy) is 2. The van der Waals surface area contributed by atoms with Crippen molar-refractivity contribution < 1.29 is 28.0 Å². The topological polar surface area (TPSA) is 78.7 Å². The van der Waals surface area contributed by atoms with Gasteiger partial charge in [-0.15, -0.1) is 0 Å². The van der Waals surface area contributed by atoms with Crippen molar-refractivity contribution in [3.05, 3.63) is 39.4 Å². The molecule has 0 aliphatic rings. The number of rotatable bonds is 6. The Labute approximate surface area is 107 Å². The predicted octanol–water partition coefficient (Wildman–Crippen LogP) is 2.07. The van der Waals surface area contributed by atoms with Gasteiger partial charge in [0.2, 0.25) is 5.82 Å². The second-order valence-corrected chi connectivity index (χ2v) is 3.52. The Balaban J connectivity index is 2.81. The quantitative estimate of drug-likeness (QED) is 0.343. The summed E-state index contributed by atoms with van der Waals surface area (Å²) in [5, 5.41) is 10.4. The smallest absolute Gasteiger partial charge is 0.341 e. The van der Waals surface area contributed by atoms with Crippen LogP contribution in [0.15, 0.2) is 12.1 Å². The van der Waals surface area contributed by atoms with Crippen molar-refractivity contribution in [2.75, 3.05) is 20.3 Å². The third-order valence-corrected chi connectivity index (χ3v) is 2.18. The molecule has 1 aromatic carbocycles. The highest BCUT2D eigenvalue weighted by molar-refractivity contribution is 5.90. The molecule has 0 saturated carbocycles. The molecule has 0 radical (unpaired) electrons. The monoisotopic (exact) mass is 275 g/mol. The molecule has 0 unspecified atom stereocenters. The summed E-state index contributed by atoms with van der Waals surface area (Å²) >= 11 is 0. The van der Waals surface area contributed by atoms with Gasteiger partial charge in [0.05, 0.1) is 23.2 Å². The highest BCUT2D eigenvalue weighted by Crippen LogP contribution is 2.21. The number of methoxy groups -OCH3 is 1. The fourth-order valence-electron chi connectivity index (χ4n) is 1.28. The first kappa shape index (κ1) is 15.0. The van der Waals surface area contributed by atoms with Crippen LogP contribution in [0, 0.1) is 21.7 Å². The minimum absolute atomic E-state index is 0.0231. The number of nitrogens with zero attached hydrogens (tertiary/aromatic N) is 1. The van der Waals surface area contributed by atoms with Gasteiger partial charge in [-0.2, -0.15) is 4.39 Å². The number of halogens is 2. The zero-order chi connectivity index (χ0) is 14.4. The Hall–Kier alpha value is -2.09. The van der Waals surface area contributed by atoms with E-state index in [0.717, 1.165) is 0 Å². The third kappa shape index (κ3) is 3.95. The first-order valence-electron chi connectivity index (χ1n) is 5.27. The maximum absolute atomic E-state index is 13.4. The van der Waals surface area contributed by atoms with E-state index in [1.54, 1.807) is 0 Å². The third-order valence-electron chi connectivity index (χ3n) is 2.18. The van der Waals surface area contributed by atoms with E-state index < -0.39 is 33.8 Å². The first-order chi connectivity index (χ1) is 8.97. The molecule has 0 aliphatic carbocycles. The van der Waals surface area contributed by atoms with Crippen LogP contribution in [-0.4, -0.2) is 31.2 Å². The SMILES string of the molecule is COCCCOC(=O)c1cc(F)c([N+](=O)[O-])cc1F. The van der Waals surface area contributed by atoms with Crippen LogP contribution in [0.4, 0.5) is 14.5 Å². The highest BCUT2D eigenvalue weighted by atomic mass is 19.1. The number of hydrogen-bond donors (Lipinski definition) is 0. The van der Waals surface area contributed by atoms with Crippen LogP contribution >= 0.6 is 0 Å². The minimum Gasteiger partial charge on any atom is -0.462 e. The van der Waals surface area contributed by atoms with Crippen molar-refractivity contribution in [3.8, 4) is 0 Å². The Morgan fingerprint density at radius 2 is 2.00 bits per heavy atom. The van der Waals surface area contributed by atoms with Gasteiger partial charge >= 0.3 is 11.7 Å². The summed E-state index contributed by atoms with van der Waals surface area (Å²) in [6.07, 6.45) is 0.402. The second kappa shape index (κ2) is 6.74. The summed E-state index contributed by atoms with van der Waals surface area (Å²) in [6.45, 7) is 0.328. The second-order valence-electron chi connectivity index (χ2n) is 3.52. The van der Waals surface area contributed by atoms with Crippen LogP contribution in [0.25, 0.3) is 0 Å². The highest BCUT2D eigenvalue weighted by Gasteiger charge is 2.22. The maximum atomic E-state index is 13.4. The van der Waals surface area contributed by atoms with Gasteiger partial charge in [-0.25, -0.2) is 9.18 Å². The average Bonchev–Trinajstić information content (AvgIpc) is 2.36. The van der Waals surface area contributed by atoms with E-state index in [9.17, 15) is 23.7 Å². The van der Waals surface area contributed by atoms with Crippen LogP contribution < -0.4 is 0 Å². The van der Waals surface area contributed by atoms with Gasteiger partial charge in [0.15, 0.2) is 0 Å². The van der Waals surface area contributed by atoms with E-state index in [4.69, 9.17) is 4.74 Å². The number of carbonyl (C=O) groups is 1. The molecule has 1 rings (SSSR count). The summed E-state index contributed by atoms with van der Waals surface area (Å²) in [7, 11) is 1.47. The summed E-state index contributed by atoms with van der Waals surface area (Å²) in [5.41, 5.74) is -1.71. The number of nitro benzene ring substituents is 1. The largest absolute Gasteiger partial charge is 0.462 e. The first-order valence-corrected chi connectivity index (χ1v) is 5.27. The lowest BCUT2D eigenvalue weighted by Gasteiger charge is -2.05. The van der Waals surface area contributed by atoms with Gasteiger partial charge in [-0.3, -0.25) is 10.1 Å². The standard InChI is InChI=1S/C11H11F2NO5/c1-18-3-2-4-19-11(15)7-5-9(13)10(14(16)17)6-8(7)12/h5-6H,2-4H2,1H3. The number of hydrogen-bond acceptors (Lipinski definition) is 5. The Kier molecular flexibility index (Phi) is 5.31. The van der Waals surface area contributed by atoms with Gasteiger partial charge < -0.3 is 9.47 Å². The Bertz CT molecular complexity index is 492. The fraction of sp³-hybridized carbons (Fsp3) is 0.364. The molecule has 0 amide bonds. The van der Waals surface area contributed by atoms with Gasteiger partial charge in [-0.05, 0) is 6.07 Å². The van der Waals surface area contributed by atoms with Gasteiger partial charge in [0, 0.05) is 20.1 Å². The summed E-state index contributed by atoms with van der Waals surface area (Å²) < 4.78 is 36.1. The van der Waals surface area contributed by atoms with Crippen LogP contribution in [0.3, 0.4) is 0 Å². The van der Waals surface area contributed by atoms with Crippen molar-refractivity contribution in [3.63, 3.8) is 0 Å². The molecule has 0 saturated heterocycles. The molecule has 0 aliphatic heterocycles. The molecule has 0 N–H and O–H groups in total. The number of esters is 1. The molecular weight excluding hydrogens is 264 g/mol.